The zero-order valence-electron chi connectivity index (χ0n) is 15.5. The topological polar surface area (TPSA) is 27.7 Å². The van der Waals surface area contributed by atoms with Crippen molar-refractivity contribution >= 4 is 7.12 Å². The molecular formula is C17H21BF6O3. The average Bonchev–Trinajstić information content (AvgIpc) is 2.70. The maximum Gasteiger partial charge on any atom is 0.471 e. The third-order valence-corrected chi connectivity index (χ3v) is 5.13. The first-order valence-corrected chi connectivity index (χ1v) is 8.23. The third kappa shape index (κ3) is 4.37. The summed E-state index contributed by atoms with van der Waals surface area (Å²) in [6, 6.07) is 4.32. The minimum absolute atomic E-state index is 0.235. The Labute approximate surface area is 154 Å². The van der Waals surface area contributed by atoms with E-state index in [1.54, 1.807) is 0 Å². The summed E-state index contributed by atoms with van der Waals surface area (Å²) in [5.74, 6) is -5.54. The molecule has 2 rings (SSSR count). The van der Waals surface area contributed by atoms with Crippen molar-refractivity contribution in [2.45, 2.75) is 63.0 Å². The van der Waals surface area contributed by atoms with Gasteiger partial charge in [-0.1, -0.05) is 12.1 Å². The van der Waals surface area contributed by atoms with Crippen LogP contribution < -0.4 is 4.74 Å². The first-order valence-electron chi connectivity index (χ1n) is 8.23. The van der Waals surface area contributed by atoms with Gasteiger partial charge in [-0.15, -0.1) is 0 Å². The Morgan fingerprint density at radius 3 is 1.63 bits per heavy atom. The summed E-state index contributed by atoms with van der Waals surface area (Å²) in [4.78, 5) is 0. The lowest BCUT2D eigenvalue weighted by Gasteiger charge is -2.32. The number of alkyl halides is 6. The van der Waals surface area contributed by atoms with Crippen molar-refractivity contribution in [3.63, 3.8) is 0 Å². The van der Waals surface area contributed by atoms with Crippen molar-refractivity contribution in [1.29, 1.82) is 0 Å². The van der Waals surface area contributed by atoms with Gasteiger partial charge in [0.2, 0.25) is 0 Å². The first-order chi connectivity index (χ1) is 12.1. The second-order valence-corrected chi connectivity index (χ2v) is 7.48. The van der Waals surface area contributed by atoms with Gasteiger partial charge in [-0.3, -0.25) is 0 Å². The maximum atomic E-state index is 13.8. The lowest BCUT2D eigenvalue weighted by Crippen LogP contribution is -2.43. The van der Waals surface area contributed by atoms with Gasteiger partial charge in [-0.05, 0) is 45.4 Å². The highest BCUT2D eigenvalue weighted by Gasteiger charge is 2.66. The van der Waals surface area contributed by atoms with Crippen molar-refractivity contribution in [2.24, 2.45) is 0 Å². The van der Waals surface area contributed by atoms with Crippen LogP contribution in [0, 0.1) is 0 Å². The van der Waals surface area contributed by atoms with Gasteiger partial charge in [-0.25, -0.2) is 0 Å². The Kier molecular flexibility index (Phi) is 5.58. The van der Waals surface area contributed by atoms with E-state index in [-0.39, 0.29) is 5.75 Å². The standard InChI is InChI=1S/C17H21BF6O3/c1-14(2)15(3,4)27-18(26-14)13(17(22,23)24)12(16(19,20)21)10-6-8-11(25-5)9-7-10/h6-9,12-13H,1-5H3/t12-,13-/m1/s1. The van der Waals surface area contributed by atoms with E-state index >= 15 is 0 Å². The van der Waals surface area contributed by atoms with Crippen molar-refractivity contribution in [2.75, 3.05) is 7.11 Å². The lowest BCUT2D eigenvalue weighted by atomic mass is 9.62. The molecule has 1 aromatic carbocycles. The third-order valence-electron chi connectivity index (χ3n) is 5.13. The van der Waals surface area contributed by atoms with E-state index in [1.165, 1.54) is 46.9 Å². The molecule has 1 aliphatic rings. The van der Waals surface area contributed by atoms with Crippen LogP contribution in [0.2, 0.25) is 5.82 Å². The number of rotatable bonds is 4. The van der Waals surface area contributed by atoms with Crippen LogP contribution in [0.15, 0.2) is 24.3 Å². The second kappa shape index (κ2) is 6.88. The molecule has 1 heterocycles. The molecule has 0 unspecified atom stereocenters. The largest absolute Gasteiger partial charge is 0.497 e. The summed E-state index contributed by atoms with van der Waals surface area (Å²) in [5, 5.41) is 0. The van der Waals surface area contributed by atoms with Crippen molar-refractivity contribution in [1.82, 2.24) is 0 Å². The molecule has 0 spiro atoms. The van der Waals surface area contributed by atoms with Crippen molar-refractivity contribution < 1.29 is 40.4 Å². The van der Waals surface area contributed by atoms with Crippen molar-refractivity contribution in [3.05, 3.63) is 29.8 Å². The van der Waals surface area contributed by atoms with E-state index < -0.39 is 48.0 Å². The van der Waals surface area contributed by atoms with E-state index in [4.69, 9.17) is 14.0 Å². The molecule has 27 heavy (non-hydrogen) atoms. The molecule has 0 aromatic heterocycles. The van der Waals surface area contributed by atoms with E-state index in [9.17, 15) is 26.3 Å². The summed E-state index contributed by atoms with van der Waals surface area (Å²) in [6.07, 6.45) is -10.4. The molecular weight excluding hydrogens is 377 g/mol. The Balaban J connectivity index is 2.54. The number of ether oxygens (including phenoxy) is 1. The quantitative estimate of drug-likeness (QED) is 0.505. The molecule has 3 nitrogen and oxygen atoms in total. The van der Waals surface area contributed by atoms with Gasteiger partial charge in [-0.2, -0.15) is 26.3 Å². The summed E-state index contributed by atoms with van der Waals surface area (Å²) < 4.78 is 98.2. The van der Waals surface area contributed by atoms with Gasteiger partial charge in [0.15, 0.2) is 0 Å². The Morgan fingerprint density at radius 2 is 1.30 bits per heavy atom. The van der Waals surface area contributed by atoms with Gasteiger partial charge in [0, 0.05) is 0 Å². The number of hydrogen-bond donors (Lipinski definition) is 0. The predicted molar refractivity (Wildman–Crippen MR) is 87.7 cm³/mol. The molecule has 0 radical (unpaired) electrons. The van der Waals surface area contributed by atoms with Gasteiger partial charge >= 0.3 is 19.5 Å². The number of halogens is 6. The highest BCUT2D eigenvalue weighted by atomic mass is 19.4. The maximum absolute atomic E-state index is 13.8. The molecule has 0 saturated carbocycles. The number of methoxy groups -OCH3 is 1. The van der Waals surface area contributed by atoms with Crippen LogP contribution in [0.5, 0.6) is 5.75 Å². The van der Waals surface area contributed by atoms with Crippen LogP contribution in [0.1, 0.15) is 39.2 Å². The minimum atomic E-state index is -5.21. The molecule has 0 N–H and O–H groups in total. The molecule has 0 bridgehead atoms. The van der Waals surface area contributed by atoms with E-state index in [2.05, 4.69) is 0 Å². The zero-order chi connectivity index (χ0) is 20.8. The Morgan fingerprint density at radius 1 is 0.852 bits per heavy atom. The minimum Gasteiger partial charge on any atom is -0.497 e. The summed E-state index contributed by atoms with van der Waals surface area (Å²) in [7, 11) is -0.789. The summed E-state index contributed by atoms with van der Waals surface area (Å²) in [5.41, 5.74) is -2.94. The summed E-state index contributed by atoms with van der Waals surface area (Å²) >= 11 is 0. The van der Waals surface area contributed by atoms with Crippen LogP contribution in [0.3, 0.4) is 0 Å². The molecule has 1 aliphatic heterocycles. The van der Waals surface area contributed by atoms with Crippen LogP contribution in [-0.2, 0) is 9.31 Å². The van der Waals surface area contributed by atoms with Crippen LogP contribution in [-0.4, -0.2) is 37.8 Å². The van der Waals surface area contributed by atoms with E-state index in [0.29, 0.717) is 0 Å². The smallest absolute Gasteiger partial charge is 0.471 e. The van der Waals surface area contributed by atoms with Crippen molar-refractivity contribution in [3.8, 4) is 5.75 Å². The molecule has 152 valence electrons. The van der Waals surface area contributed by atoms with Gasteiger partial charge in [0.1, 0.15) is 11.6 Å². The molecule has 1 fully saturated rings. The highest BCUT2D eigenvalue weighted by Crippen LogP contribution is 2.55. The molecule has 1 aromatic rings. The fourth-order valence-electron chi connectivity index (χ4n) is 2.95. The molecule has 10 heteroatoms. The summed E-state index contributed by atoms with van der Waals surface area (Å²) in [6.45, 7) is 5.93. The van der Waals surface area contributed by atoms with Crippen LogP contribution in [0.25, 0.3) is 0 Å². The average molecular weight is 398 g/mol. The normalized spacial score (nSPS) is 21.8. The molecule has 1 saturated heterocycles. The lowest BCUT2D eigenvalue weighted by molar-refractivity contribution is -0.201. The molecule has 0 amide bonds. The van der Waals surface area contributed by atoms with Gasteiger partial charge in [0.25, 0.3) is 0 Å². The fourth-order valence-corrected chi connectivity index (χ4v) is 2.95. The van der Waals surface area contributed by atoms with Crippen LogP contribution >= 0.6 is 0 Å². The first kappa shape index (κ1) is 21.9. The van der Waals surface area contributed by atoms with Gasteiger partial charge < -0.3 is 14.0 Å². The van der Waals surface area contributed by atoms with Gasteiger partial charge in [0.05, 0.1) is 24.2 Å². The van der Waals surface area contributed by atoms with E-state index in [0.717, 1.165) is 12.1 Å². The van der Waals surface area contributed by atoms with E-state index in [1.807, 2.05) is 0 Å². The molecule has 0 aliphatic carbocycles. The highest BCUT2D eigenvalue weighted by molar-refractivity contribution is 6.48. The second-order valence-electron chi connectivity index (χ2n) is 7.48. The zero-order valence-corrected chi connectivity index (χ0v) is 15.5. The Bertz CT molecular complexity index is 638. The fraction of sp³-hybridized carbons (Fsp3) is 0.647. The SMILES string of the molecule is COc1ccc([C@H]([C@@H](B2OC(C)(C)C(C)(C)O2)C(F)(F)F)C(F)(F)F)cc1. The molecule has 2 atom stereocenters. The monoisotopic (exact) mass is 398 g/mol. The number of hydrogen-bond acceptors (Lipinski definition) is 3. The number of benzene rings is 1. The van der Waals surface area contributed by atoms with Crippen LogP contribution in [0.4, 0.5) is 26.3 Å². The Hall–Kier alpha value is -1.42. The predicted octanol–water partition coefficient (Wildman–Crippen LogP) is 5.37.